The number of hydrogen-bond acceptors (Lipinski definition) is 2. The van der Waals surface area contributed by atoms with Crippen molar-refractivity contribution in [2.45, 2.75) is 31.2 Å². The van der Waals surface area contributed by atoms with Gasteiger partial charge in [0.2, 0.25) is 0 Å². The van der Waals surface area contributed by atoms with E-state index in [-0.39, 0.29) is 11.5 Å². The second-order valence-corrected chi connectivity index (χ2v) is 4.52. The number of nitrogens with zero attached hydrogens (tertiary/aromatic N) is 2. The summed E-state index contributed by atoms with van der Waals surface area (Å²) in [5.74, 6) is 0. The largest absolute Gasteiger partial charge is 0.327 e. The Labute approximate surface area is 88.9 Å². The van der Waals surface area contributed by atoms with Gasteiger partial charge in [-0.3, -0.25) is 0 Å². The summed E-state index contributed by atoms with van der Waals surface area (Å²) in [5, 5.41) is 0. The summed E-state index contributed by atoms with van der Waals surface area (Å²) in [4.78, 5) is 4.41. The Kier molecular flexibility index (Phi) is 1.68. The SMILES string of the molecule is CC(N)C1(c2cnc3ccccn23)CC1. The standard InChI is InChI=1S/C12H15N3/c1-9(13)12(5-6-12)10-8-14-11-4-2-3-7-15(10)11/h2-4,7-9H,5-6,13H2,1H3. The lowest BCUT2D eigenvalue weighted by Gasteiger charge is -2.18. The molecule has 1 saturated carbocycles. The van der Waals surface area contributed by atoms with Crippen LogP contribution in [0.5, 0.6) is 0 Å². The monoisotopic (exact) mass is 201 g/mol. The zero-order valence-electron chi connectivity index (χ0n) is 8.85. The summed E-state index contributed by atoms with van der Waals surface area (Å²) in [7, 11) is 0. The number of pyridine rings is 1. The van der Waals surface area contributed by atoms with E-state index < -0.39 is 0 Å². The van der Waals surface area contributed by atoms with Crippen LogP contribution in [0, 0.1) is 0 Å². The smallest absolute Gasteiger partial charge is 0.136 e. The summed E-state index contributed by atoms with van der Waals surface area (Å²) in [5.41, 5.74) is 8.54. The zero-order valence-corrected chi connectivity index (χ0v) is 8.85. The van der Waals surface area contributed by atoms with Gasteiger partial charge in [0.15, 0.2) is 0 Å². The van der Waals surface area contributed by atoms with Gasteiger partial charge in [0.25, 0.3) is 0 Å². The Morgan fingerprint density at radius 2 is 2.27 bits per heavy atom. The molecule has 0 bridgehead atoms. The number of imidazole rings is 1. The first kappa shape index (κ1) is 8.92. The van der Waals surface area contributed by atoms with Gasteiger partial charge in [0.05, 0.1) is 5.69 Å². The second-order valence-electron chi connectivity index (χ2n) is 4.52. The van der Waals surface area contributed by atoms with Crippen LogP contribution in [0.3, 0.4) is 0 Å². The minimum Gasteiger partial charge on any atom is -0.327 e. The highest BCUT2D eigenvalue weighted by Crippen LogP contribution is 2.50. The molecule has 0 saturated heterocycles. The fourth-order valence-electron chi connectivity index (χ4n) is 2.38. The van der Waals surface area contributed by atoms with Crippen molar-refractivity contribution in [3.63, 3.8) is 0 Å². The number of nitrogens with two attached hydrogens (primary N) is 1. The average molecular weight is 201 g/mol. The van der Waals surface area contributed by atoms with Crippen LogP contribution < -0.4 is 5.73 Å². The first-order valence-corrected chi connectivity index (χ1v) is 5.42. The maximum atomic E-state index is 6.07. The van der Waals surface area contributed by atoms with E-state index in [1.165, 1.54) is 18.5 Å². The number of aromatic nitrogens is 2. The molecule has 0 amide bonds. The Hall–Kier alpha value is -1.35. The van der Waals surface area contributed by atoms with Crippen molar-refractivity contribution in [1.82, 2.24) is 9.38 Å². The predicted molar refractivity (Wildman–Crippen MR) is 59.8 cm³/mol. The maximum absolute atomic E-state index is 6.07. The van der Waals surface area contributed by atoms with Crippen LogP contribution in [0.4, 0.5) is 0 Å². The highest BCUT2D eigenvalue weighted by Gasteiger charge is 2.49. The third-order valence-electron chi connectivity index (χ3n) is 3.59. The van der Waals surface area contributed by atoms with Crippen molar-refractivity contribution in [3.8, 4) is 0 Å². The van der Waals surface area contributed by atoms with Crippen molar-refractivity contribution in [2.24, 2.45) is 5.73 Å². The lowest BCUT2D eigenvalue weighted by Crippen LogP contribution is -2.32. The molecule has 2 aromatic rings. The average Bonchev–Trinajstić information content (AvgIpc) is 2.93. The van der Waals surface area contributed by atoms with E-state index in [0.717, 1.165) is 5.65 Å². The predicted octanol–water partition coefficient (Wildman–Crippen LogP) is 1.71. The van der Waals surface area contributed by atoms with Gasteiger partial charge in [0.1, 0.15) is 5.65 Å². The molecule has 2 aromatic heterocycles. The Bertz CT molecular complexity index is 494. The minimum atomic E-state index is 0.181. The molecule has 3 heteroatoms. The fourth-order valence-corrected chi connectivity index (χ4v) is 2.38. The molecule has 0 aliphatic heterocycles. The van der Waals surface area contributed by atoms with Crippen LogP contribution >= 0.6 is 0 Å². The molecule has 3 nitrogen and oxygen atoms in total. The van der Waals surface area contributed by atoms with E-state index >= 15 is 0 Å². The topological polar surface area (TPSA) is 43.3 Å². The number of fused-ring (bicyclic) bond motifs is 1. The van der Waals surface area contributed by atoms with Crippen LogP contribution in [0.1, 0.15) is 25.5 Å². The molecule has 1 atom stereocenters. The molecule has 2 N–H and O–H groups in total. The van der Waals surface area contributed by atoms with Gasteiger partial charge >= 0.3 is 0 Å². The summed E-state index contributed by atoms with van der Waals surface area (Å²) in [6.45, 7) is 2.09. The van der Waals surface area contributed by atoms with Gasteiger partial charge in [0, 0.05) is 23.9 Å². The molecule has 2 heterocycles. The Morgan fingerprint density at radius 3 is 2.93 bits per heavy atom. The Balaban J connectivity index is 2.20. The molecule has 3 rings (SSSR count). The van der Waals surface area contributed by atoms with Crippen LogP contribution in [-0.2, 0) is 5.41 Å². The quantitative estimate of drug-likeness (QED) is 0.803. The lowest BCUT2D eigenvalue weighted by atomic mass is 9.95. The van der Waals surface area contributed by atoms with E-state index in [4.69, 9.17) is 5.73 Å². The van der Waals surface area contributed by atoms with Crippen molar-refractivity contribution < 1.29 is 0 Å². The highest BCUT2D eigenvalue weighted by atomic mass is 15.0. The van der Waals surface area contributed by atoms with Gasteiger partial charge in [-0.05, 0) is 31.9 Å². The first-order chi connectivity index (χ1) is 7.24. The van der Waals surface area contributed by atoms with Gasteiger partial charge in [-0.2, -0.15) is 0 Å². The van der Waals surface area contributed by atoms with Crippen LogP contribution in [0.25, 0.3) is 5.65 Å². The zero-order chi connectivity index (χ0) is 10.5. The fraction of sp³-hybridized carbons (Fsp3) is 0.417. The molecule has 0 aromatic carbocycles. The van der Waals surface area contributed by atoms with Crippen LogP contribution in [0.2, 0.25) is 0 Å². The number of hydrogen-bond donors (Lipinski definition) is 1. The van der Waals surface area contributed by atoms with Crippen LogP contribution in [-0.4, -0.2) is 15.4 Å². The lowest BCUT2D eigenvalue weighted by molar-refractivity contribution is 0.538. The van der Waals surface area contributed by atoms with E-state index in [0.29, 0.717) is 0 Å². The van der Waals surface area contributed by atoms with Crippen molar-refractivity contribution in [1.29, 1.82) is 0 Å². The third kappa shape index (κ3) is 1.13. The molecular formula is C12H15N3. The molecule has 15 heavy (non-hydrogen) atoms. The van der Waals surface area contributed by atoms with E-state index in [1.807, 2.05) is 24.4 Å². The van der Waals surface area contributed by atoms with Gasteiger partial charge in [-0.1, -0.05) is 6.07 Å². The molecule has 0 spiro atoms. The summed E-state index contributed by atoms with van der Waals surface area (Å²) in [6, 6.07) is 6.28. The van der Waals surface area contributed by atoms with Crippen molar-refractivity contribution >= 4 is 5.65 Å². The second kappa shape index (κ2) is 2.83. The molecule has 1 unspecified atom stereocenters. The number of rotatable bonds is 2. The van der Waals surface area contributed by atoms with Gasteiger partial charge < -0.3 is 10.1 Å². The van der Waals surface area contributed by atoms with Crippen molar-refractivity contribution in [2.75, 3.05) is 0 Å². The first-order valence-electron chi connectivity index (χ1n) is 5.42. The molecule has 78 valence electrons. The molecule has 0 radical (unpaired) electrons. The third-order valence-corrected chi connectivity index (χ3v) is 3.59. The highest BCUT2D eigenvalue weighted by molar-refractivity contribution is 5.43. The Morgan fingerprint density at radius 1 is 1.47 bits per heavy atom. The van der Waals surface area contributed by atoms with E-state index in [9.17, 15) is 0 Å². The summed E-state index contributed by atoms with van der Waals surface area (Å²) in [6.07, 6.45) is 6.42. The molecule has 1 fully saturated rings. The molecule has 1 aliphatic rings. The normalized spacial score (nSPS) is 20.4. The molecule has 1 aliphatic carbocycles. The van der Waals surface area contributed by atoms with Gasteiger partial charge in [-0.25, -0.2) is 4.98 Å². The van der Waals surface area contributed by atoms with Crippen molar-refractivity contribution in [3.05, 3.63) is 36.3 Å². The van der Waals surface area contributed by atoms with E-state index in [1.54, 1.807) is 0 Å². The summed E-state index contributed by atoms with van der Waals surface area (Å²) >= 11 is 0. The minimum absolute atomic E-state index is 0.181. The summed E-state index contributed by atoms with van der Waals surface area (Å²) < 4.78 is 2.16. The maximum Gasteiger partial charge on any atom is 0.136 e. The van der Waals surface area contributed by atoms with E-state index in [2.05, 4.69) is 22.5 Å². The molecular weight excluding hydrogens is 186 g/mol. The van der Waals surface area contributed by atoms with Crippen LogP contribution in [0.15, 0.2) is 30.6 Å². The van der Waals surface area contributed by atoms with Gasteiger partial charge in [-0.15, -0.1) is 0 Å².